The van der Waals surface area contributed by atoms with Crippen molar-refractivity contribution in [3.8, 4) is 5.75 Å². The van der Waals surface area contributed by atoms with Gasteiger partial charge in [-0.1, -0.05) is 31.2 Å². The van der Waals surface area contributed by atoms with E-state index in [4.69, 9.17) is 0 Å². The maximum atomic E-state index is 14.0. The van der Waals surface area contributed by atoms with Crippen LogP contribution in [0.15, 0.2) is 78.0 Å². The average molecular weight is 656 g/mol. The Balaban J connectivity index is 1.52. The van der Waals surface area contributed by atoms with E-state index in [2.05, 4.69) is 20.4 Å². The Kier molecular flexibility index (Phi) is 10.3. The highest BCUT2D eigenvalue weighted by Gasteiger charge is 2.41. The highest BCUT2D eigenvalue weighted by molar-refractivity contribution is 7.89. The predicted molar refractivity (Wildman–Crippen MR) is 153 cm³/mol. The summed E-state index contributed by atoms with van der Waals surface area (Å²) in [6, 6.07) is 10.8. The molecule has 4 rings (SSSR count). The predicted octanol–water partition coefficient (Wildman–Crippen LogP) is 4.11. The van der Waals surface area contributed by atoms with Crippen molar-refractivity contribution in [1.82, 2.24) is 19.5 Å². The minimum Gasteiger partial charge on any atom is -0.406 e. The number of ether oxygens (including phenoxy) is 1. The molecule has 1 fully saturated rings. The van der Waals surface area contributed by atoms with Crippen molar-refractivity contribution in [2.45, 2.75) is 43.1 Å². The van der Waals surface area contributed by atoms with Crippen molar-refractivity contribution in [3.63, 3.8) is 0 Å². The van der Waals surface area contributed by atoms with Crippen LogP contribution in [0.5, 0.6) is 5.75 Å². The number of nitrogens with one attached hydrogen (secondary N) is 2. The lowest BCUT2D eigenvalue weighted by atomic mass is 10.0. The third kappa shape index (κ3) is 8.66. The van der Waals surface area contributed by atoms with Gasteiger partial charge in [-0.2, -0.15) is 4.31 Å². The first-order chi connectivity index (χ1) is 21.2. The second kappa shape index (κ2) is 13.8. The zero-order chi connectivity index (χ0) is 32.8. The molecule has 1 saturated heterocycles. The number of rotatable bonds is 11. The van der Waals surface area contributed by atoms with E-state index < -0.39 is 45.9 Å². The number of carbonyl (C=O) groups is 2. The van der Waals surface area contributed by atoms with Crippen LogP contribution in [0.3, 0.4) is 0 Å². The van der Waals surface area contributed by atoms with Crippen molar-refractivity contribution >= 4 is 27.5 Å². The molecular formula is C29H30F5N5O5S. The number of sulfonamides is 1. The number of nitrogens with zero attached hydrogens (tertiary/aromatic N) is 3. The number of piperazine rings is 1. The number of amides is 2. The quantitative estimate of drug-likeness (QED) is 0.299. The van der Waals surface area contributed by atoms with Gasteiger partial charge in [0.25, 0.3) is 5.92 Å². The molecular weight excluding hydrogens is 625 g/mol. The summed E-state index contributed by atoms with van der Waals surface area (Å²) in [6.45, 7) is 0.379. The average Bonchev–Trinajstić information content (AvgIpc) is 3.02. The van der Waals surface area contributed by atoms with Gasteiger partial charge in [-0.05, 0) is 42.0 Å². The van der Waals surface area contributed by atoms with Crippen LogP contribution in [0.1, 0.15) is 24.5 Å². The van der Waals surface area contributed by atoms with Crippen molar-refractivity contribution in [2.24, 2.45) is 0 Å². The monoisotopic (exact) mass is 655 g/mol. The summed E-state index contributed by atoms with van der Waals surface area (Å²) in [4.78, 5) is 31.3. The van der Waals surface area contributed by atoms with Crippen molar-refractivity contribution in [3.05, 3.63) is 84.2 Å². The van der Waals surface area contributed by atoms with E-state index in [9.17, 15) is 40.0 Å². The first-order valence-corrected chi connectivity index (χ1v) is 15.2. The summed E-state index contributed by atoms with van der Waals surface area (Å²) in [5, 5.41) is 5.52. The molecule has 1 aromatic heterocycles. The van der Waals surface area contributed by atoms with Crippen LogP contribution in [0.25, 0.3) is 0 Å². The topological polar surface area (TPSA) is 121 Å². The smallest absolute Gasteiger partial charge is 0.406 e. The normalized spacial score (nSPS) is 16.2. The third-order valence-electron chi connectivity index (χ3n) is 7.04. The Morgan fingerprint density at radius 2 is 1.69 bits per heavy atom. The van der Waals surface area contributed by atoms with E-state index >= 15 is 0 Å². The summed E-state index contributed by atoms with van der Waals surface area (Å²) in [5.41, 5.74) is 0.852. The van der Waals surface area contributed by atoms with E-state index in [0.29, 0.717) is 11.3 Å². The van der Waals surface area contributed by atoms with Crippen LogP contribution in [0, 0.1) is 0 Å². The van der Waals surface area contributed by atoms with Gasteiger partial charge < -0.3 is 20.3 Å². The molecule has 3 aromatic rings. The van der Waals surface area contributed by atoms with E-state index in [1.54, 1.807) is 18.3 Å². The van der Waals surface area contributed by atoms with Crippen molar-refractivity contribution in [2.75, 3.05) is 31.5 Å². The summed E-state index contributed by atoms with van der Waals surface area (Å²) in [6.07, 6.45) is -2.30. The number of halogens is 5. The molecule has 45 heavy (non-hydrogen) atoms. The number of anilines is 1. The fourth-order valence-electron chi connectivity index (χ4n) is 4.58. The minimum absolute atomic E-state index is 0.0705. The van der Waals surface area contributed by atoms with Crippen LogP contribution >= 0.6 is 0 Å². The van der Waals surface area contributed by atoms with E-state index in [-0.39, 0.29) is 49.6 Å². The van der Waals surface area contributed by atoms with Gasteiger partial charge in [0.1, 0.15) is 11.8 Å². The van der Waals surface area contributed by atoms with Gasteiger partial charge in [-0.3, -0.25) is 14.6 Å². The fourth-order valence-corrected chi connectivity index (χ4v) is 6.15. The number of pyridine rings is 1. The van der Waals surface area contributed by atoms with Gasteiger partial charge in [0.05, 0.1) is 17.1 Å². The zero-order valence-corrected chi connectivity index (χ0v) is 24.7. The Morgan fingerprint density at radius 3 is 2.29 bits per heavy atom. The Hall–Kier alpha value is -4.31. The van der Waals surface area contributed by atoms with Gasteiger partial charge in [0.15, 0.2) is 0 Å². The molecule has 0 radical (unpaired) electrons. The number of hydrogen-bond donors (Lipinski definition) is 2. The first-order valence-electron chi connectivity index (χ1n) is 13.7. The molecule has 16 heteroatoms. The summed E-state index contributed by atoms with van der Waals surface area (Å²) in [7, 11) is -4.44. The second-order valence-electron chi connectivity index (χ2n) is 10.1. The Morgan fingerprint density at radius 1 is 1.00 bits per heavy atom. The van der Waals surface area contributed by atoms with Crippen LogP contribution in [0.2, 0.25) is 0 Å². The standard InChI is InChI=1S/C29H30F5N5O5S/c1-2-28(30,31)21-7-5-20(6-8-21)16-37-27(41)25-19-38(26(40)18-36-22-4-3-13-35-17-22)14-15-39(25)45(42,43)24-11-9-23(10-12-24)44-29(32,33)34/h3-13,17,25,36H,2,14-16,18-19H2,1H3,(H,37,41)/t25-/m1/s1. The Bertz CT molecular complexity index is 1570. The molecule has 0 saturated carbocycles. The number of aromatic nitrogens is 1. The van der Waals surface area contributed by atoms with Gasteiger partial charge >= 0.3 is 6.36 Å². The van der Waals surface area contributed by atoms with Crippen LogP contribution < -0.4 is 15.4 Å². The van der Waals surface area contributed by atoms with Crippen LogP contribution in [-0.4, -0.2) is 73.0 Å². The minimum atomic E-state index is -4.98. The van der Waals surface area contributed by atoms with Gasteiger partial charge in [0.2, 0.25) is 21.8 Å². The molecule has 2 heterocycles. The van der Waals surface area contributed by atoms with E-state index in [1.807, 2.05) is 0 Å². The van der Waals surface area contributed by atoms with E-state index in [0.717, 1.165) is 28.6 Å². The fraction of sp³-hybridized carbons (Fsp3) is 0.345. The lowest BCUT2D eigenvalue weighted by Crippen LogP contribution is -2.61. The molecule has 0 aliphatic carbocycles. The number of alkyl halides is 5. The number of carbonyl (C=O) groups excluding carboxylic acids is 2. The Labute approximate surface area is 256 Å². The molecule has 10 nitrogen and oxygen atoms in total. The second-order valence-corrected chi connectivity index (χ2v) is 11.9. The van der Waals surface area contributed by atoms with E-state index in [1.165, 1.54) is 42.3 Å². The van der Waals surface area contributed by atoms with Gasteiger partial charge in [-0.25, -0.2) is 17.2 Å². The largest absolute Gasteiger partial charge is 0.573 e. The maximum Gasteiger partial charge on any atom is 0.573 e. The lowest BCUT2D eigenvalue weighted by Gasteiger charge is -2.39. The molecule has 2 aromatic carbocycles. The molecule has 0 unspecified atom stereocenters. The lowest BCUT2D eigenvalue weighted by molar-refractivity contribution is -0.274. The number of hydrogen-bond acceptors (Lipinski definition) is 7. The highest BCUT2D eigenvalue weighted by Crippen LogP contribution is 2.31. The molecule has 0 spiro atoms. The molecule has 1 aliphatic rings. The third-order valence-corrected chi connectivity index (χ3v) is 8.97. The van der Waals surface area contributed by atoms with Crippen LogP contribution in [0.4, 0.5) is 27.6 Å². The summed E-state index contributed by atoms with van der Waals surface area (Å²) >= 11 is 0. The zero-order valence-electron chi connectivity index (χ0n) is 23.9. The van der Waals surface area contributed by atoms with Crippen LogP contribution in [-0.2, 0) is 32.1 Å². The van der Waals surface area contributed by atoms with Gasteiger partial charge in [-0.15, -0.1) is 13.2 Å². The number of benzene rings is 2. The molecule has 0 bridgehead atoms. The maximum absolute atomic E-state index is 14.0. The van der Waals surface area contributed by atoms with Crippen molar-refractivity contribution < 1.29 is 44.7 Å². The molecule has 2 amide bonds. The first kappa shape index (κ1) is 33.6. The van der Waals surface area contributed by atoms with Crippen molar-refractivity contribution in [1.29, 1.82) is 0 Å². The molecule has 1 atom stereocenters. The highest BCUT2D eigenvalue weighted by atomic mass is 32.2. The summed E-state index contributed by atoms with van der Waals surface area (Å²) in [5.74, 6) is -4.83. The van der Waals surface area contributed by atoms with Gasteiger partial charge in [0, 0.05) is 50.6 Å². The SMILES string of the molecule is CCC(F)(F)c1ccc(CNC(=O)[C@H]2CN(C(=O)CNc3cccnc3)CCN2S(=O)(=O)c2ccc(OC(F)(F)F)cc2)cc1. The molecule has 1 aliphatic heterocycles. The molecule has 2 N–H and O–H groups in total. The summed E-state index contributed by atoms with van der Waals surface area (Å²) < 4.78 is 97.6. The molecule has 242 valence electrons.